The smallest absolute Gasteiger partial charge is 0.272 e. The Morgan fingerprint density at radius 1 is 1.08 bits per heavy atom. The summed E-state index contributed by atoms with van der Waals surface area (Å²) < 4.78 is 0. The van der Waals surface area contributed by atoms with Crippen LogP contribution in [0.4, 0.5) is 0 Å². The zero-order chi connectivity index (χ0) is 18.1. The number of benzene rings is 1. The van der Waals surface area contributed by atoms with Crippen LogP contribution < -0.4 is 0 Å². The highest BCUT2D eigenvalue weighted by Gasteiger charge is 2.31. The van der Waals surface area contributed by atoms with E-state index in [1.165, 1.54) is 0 Å². The summed E-state index contributed by atoms with van der Waals surface area (Å²) in [6.45, 7) is 2.20. The third kappa shape index (κ3) is 3.40. The Bertz CT molecular complexity index is 846. The van der Waals surface area contributed by atoms with Gasteiger partial charge in [0, 0.05) is 42.5 Å². The van der Waals surface area contributed by atoms with E-state index in [0.717, 1.165) is 43.1 Å². The van der Waals surface area contributed by atoms with Crippen molar-refractivity contribution in [1.82, 2.24) is 14.8 Å². The second-order valence-corrected chi connectivity index (χ2v) is 7.54. The average molecular weight is 372 g/mol. The van der Waals surface area contributed by atoms with Gasteiger partial charge in [0.25, 0.3) is 5.91 Å². The first kappa shape index (κ1) is 17.3. The van der Waals surface area contributed by atoms with Crippen LogP contribution in [0.25, 0.3) is 10.9 Å². The van der Waals surface area contributed by atoms with Crippen molar-refractivity contribution in [3.8, 4) is 0 Å². The molecule has 6 heteroatoms. The van der Waals surface area contributed by atoms with Crippen LogP contribution in [0.5, 0.6) is 0 Å². The molecular weight excluding hydrogens is 350 g/mol. The highest BCUT2D eigenvalue weighted by Crippen LogP contribution is 2.23. The average Bonchev–Trinajstić information content (AvgIpc) is 2.67. The second kappa shape index (κ2) is 7.23. The van der Waals surface area contributed by atoms with E-state index in [-0.39, 0.29) is 17.9 Å². The molecule has 2 fully saturated rings. The summed E-state index contributed by atoms with van der Waals surface area (Å²) in [6, 6.07) is 9.46. The molecule has 2 aromatic rings. The number of halogens is 1. The van der Waals surface area contributed by atoms with E-state index in [9.17, 15) is 9.59 Å². The van der Waals surface area contributed by atoms with Crippen LogP contribution in [-0.4, -0.2) is 52.3 Å². The number of hydrogen-bond acceptors (Lipinski definition) is 3. The minimum atomic E-state index is -0.0460. The summed E-state index contributed by atoms with van der Waals surface area (Å²) in [5.74, 6) is 0.226. The van der Waals surface area contributed by atoms with Crippen LogP contribution in [0, 0.1) is 0 Å². The molecule has 0 bridgehead atoms. The van der Waals surface area contributed by atoms with E-state index in [2.05, 4.69) is 4.98 Å². The Balaban J connectivity index is 1.44. The van der Waals surface area contributed by atoms with E-state index in [4.69, 9.17) is 11.6 Å². The largest absolute Gasteiger partial charge is 0.340 e. The highest BCUT2D eigenvalue weighted by molar-refractivity contribution is 6.31. The Kier molecular flexibility index (Phi) is 4.81. The summed E-state index contributed by atoms with van der Waals surface area (Å²) in [5, 5.41) is 1.58. The molecule has 0 radical (unpaired) electrons. The second-order valence-electron chi connectivity index (χ2n) is 7.10. The lowest BCUT2D eigenvalue weighted by molar-refractivity contribution is -0.136. The maximum atomic E-state index is 12.8. The van der Waals surface area contributed by atoms with Crippen LogP contribution in [0.15, 0.2) is 30.3 Å². The van der Waals surface area contributed by atoms with Gasteiger partial charge >= 0.3 is 0 Å². The van der Waals surface area contributed by atoms with E-state index in [1.54, 1.807) is 12.1 Å². The van der Waals surface area contributed by atoms with Crippen molar-refractivity contribution in [3.05, 3.63) is 41.0 Å². The molecule has 0 saturated carbocycles. The maximum Gasteiger partial charge on any atom is 0.272 e. The molecule has 3 heterocycles. The van der Waals surface area contributed by atoms with Gasteiger partial charge in [-0.1, -0.05) is 23.7 Å². The van der Waals surface area contributed by atoms with Crippen molar-refractivity contribution in [2.75, 3.05) is 19.6 Å². The Morgan fingerprint density at radius 2 is 1.85 bits per heavy atom. The van der Waals surface area contributed by atoms with E-state index < -0.39 is 0 Å². The first-order chi connectivity index (χ1) is 12.6. The van der Waals surface area contributed by atoms with Gasteiger partial charge in [0.1, 0.15) is 5.69 Å². The van der Waals surface area contributed by atoms with Crippen LogP contribution in [0.3, 0.4) is 0 Å². The van der Waals surface area contributed by atoms with E-state index in [1.807, 2.05) is 28.0 Å². The molecule has 4 rings (SSSR count). The lowest BCUT2D eigenvalue weighted by Crippen LogP contribution is -2.50. The highest BCUT2D eigenvalue weighted by atomic mass is 35.5. The molecule has 136 valence electrons. The third-order valence-corrected chi connectivity index (χ3v) is 5.66. The number of amides is 2. The van der Waals surface area contributed by atoms with Crippen molar-refractivity contribution in [3.63, 3.8) is 0 Å². The molecule has 26 heavy (non-hydrogen) atoms. The van der Waals surface area contributed by atoms with Gasteiger partial charge in [-0.3, -0.25) is 9.59 Å². The fourth-order valence-corrected chi connectivity index (χ4v) is 4.13. The predicted octanol–water partition coefficient (Wildman–Crippen LogP) is 3.51. The number of carbonyl (C=O) groups excluding carboxylic acids is 2. The van der Waals surface area contributed by atoms with Crippen molar-refractivity contribution in [1.29, 1.82) is 0 Å². The number of fused-ring (bicyclic) bond motifs is 1. The van der Waals surface area contributed by atoms with Gasteiger partial charge in [-0.05, 0) is 43.9 Å². The Labute approximate surface area is 157 Å². The first-order valence-electron chi connectivity index (χ1n) is 9.27. The molecule has 5 nitrogen and oxygen atoms in total. The molecule has 2 aliphatic rings. The van der Waals surface area contributed by atoms with Gasteiger partial charge in [0.15, 0.2) is 0 Å². The molecule has 2 saturated heterocycles. The normalized spacial score (nSPS) is 19.2. The SMILES string of the molecule is O=C(c1ccc2ccc(Cl)cc2n1)N1CCC(N2CCCCC2=O)CC1. The molecule has 0 atom stereocenters. The lowest BCUT2D eigenvalue weighted by atomic mass is 9.99. The number of carbonyl (C=O) groups is 2. The lowest BCUT2D eigenvalue weighted by Gasteiger charge is -2.40. The molecular formula is C20H22ClN3O2. The monoisotopic (exact) mass is 371 g/mol. The number of pyridine rings is 1. The standard InChI is InChI=1S/C20H22ClN3O2/c21-15-6-4-14-5-7-17(22-18(14)13-15)20(26)23-11-8-16(9-12-23)24-10-2-1-3-19(24)25/h4-7,13,16H,1-3,8-12H2. The van der Waals surface area contributed by atoms with Crippen molar-refractivity contribution in [2.45, 2.75) is 38.1 Å². The van der Waals surface area contributed by atoms with Gasteiger partial charge in [-0.25, -0.2) is 4.98 Å². The fraction of sp³-hybridized carbons (Fsp3) is 0.450. The summed E-state index contributed by atoms with van der Waals surface area (Å²) in [5.41, 5.74) is 1.18. The topological polar surface area (TPSA) is 53.5 Å². The predicted molar refractivity (Wildman–Crippen MR) is 101 cm³/mol. The maximum absolute atomic E-state index is 12.8. The number of likely N-dealkylation sites (tertiary alicyclic amines) is 2. The molecule has 2 amide bonds. The van der Waals surface area contributed by atoms with Crippen LogP contribution in [0.2, 0.25) is 5.02 Å². The first-order valence-corrected chi connectivity index (χ1v) is 9.65. The zero-order valence-corrected chi connectivity index (χ0v) is 15.4. The van der Waals surface area contributed by atoms with Crippen LogP contribution in [0.1, 0.15) is 42.6 Å². The van der Waals surface area contributed by atoms with Crippen molar-refractivity contribution >= 4 is 34.3 Å². The molecule has 0 aliphatic carbocycles. The Hall–Kier alpha value is -2.14. The number of piperidine rings is 2. The van der Waals surface area contributed by atoms with Crippen molar-refractivity contribution in [2.24, 2.45) is 0 Å². The van der Waals surface area contributed by atoms with Crippen LogP contribution in [-0.2, 0) is 4.79 Å². The summed E-state index contributed by atoms with van der Waals surface area (Å²) in [6.07, 6.45) is 4.45. The summed E-state index contributed by atoms with van der Waals surface area (Å²) in [7, 11) is 0. The quantitative estimate of drug-likeness (QED) is 0.811. The number of rotatable bonds is 2. The molecule has 0 spiro atoms. The van der Waals surface area contributed by atoms with Gasteiger partial charge in [0.05, 0.1) is 5.52 Å². The van der Waals surface area contributed by atoms with Gasteiger partial charge in [-0.15, -0.1) is 0 Å². The zero-order valence-electron chi connectivity index (χ0n) is 14.7. The molecule has 1 aromatic carbocycles. The molecule has 1 aromatic heterocycles. The summed E-state index contributed by atoms with van der Waals surface area (Å²) >= 11 is 6.03. The van der Waals surface area contributed by atoms with E-state index in [0.29, 0.717) is 30.2 Å². The van der Waals surface area contributed by atoms with Crippen LogP contribution >= 0.6 is 11.6 Å². The fourth-order valence-electron chi connectivity index (χ4n) is 3.96. The Morgan fingerprint density at radius 3 is 2.62 bits per heavy atom. The van der Waals surface area contributed by atoms with Gasteiger partial charge < -0.3 is 9.80 Å². The van der Waals surface area contributed by atoms with E-state index >= 15 is 0 Å². The third-order valence-electron chi connectivity index (χ3n) is 5.43. The van der Waals surface area contributed by atoms with Crippen molar-refractivity contribution < 1.29 is 9.59 Å². The van der Waals surface area contributed by atoms with Gasteiger partial charge in [0.2, 0.25) is 5.91 Å². The molecule has 0 unspecified atom stereocenters. The number of hydrogen-bond donors (Lipinski definition) is 0. The minimum absolute atomic E-state index is 0.0460. The summed E-state index contributed by atoms with van der Waals surface area (Å²) in [4.78, 5) is 33.3. The molecule has 0 N–H and O–H groups in total. The minimum Gasteiger partial charge on any atom is -0.340 e. The number of aromatic nitrogens is 1. The van der Waals surface area contributed by atoms with Gasteiger partial charge in [-0.2, -0.15) is 0 Å². The molecule has 2 aliphatic heterocycles. The number of nitrogens with zero attached hydrogens (tertiary/aromatic N) is 3.